The minimum atomic E-state index is -4.19. The number of alkyl halides is 3. The van der Waals surface area contributed by atoms with Crippen LogP contribution in [-0.2, 0) is 4.79 Å². The molecule has 1 N–H and O–H groups in total. The number of para-hydroxylation sites is 1. The van der Waals surface area contributed by atoms with E-state index in [9.17, 15) is 22.4 Å². The molecule has 1 aromatic rings. The Kier molecular flexibility index (Phi) is 5.39. The highest BCUT2D eigenvalue weighted by Crippen LogP contribution is 2.33. The molecular weight excluding hydrogens is 300 g/mol. The van der Waals surface area contributed by atoms with Crippen LogP contribution in [0.2, 0.25) is 0 Å². The summed E-state index contributed by atoms with van der Waals surface area (Å²) in [6, 6.07) is 5.77. The lowest BCUT2D eigenvalue weighted by Gasteiger charge is -2.33. The highest BCUT2D eigenvalue weighted by Gasteiger charge is 2.41. The van der Waals surface area contributed by atoms with E-state index in [0.29, 0.717) is 13.0 Å². The van der Waals surface area contributed by atoms with Crippen LogP contribution in [0, 0.1) is 11.7 Å². The third-order valence-electron chi connectivity index (χ3n) is 3.77. The van der Waals surface area contributed by atoms with Gasteiger partial charge in [0, 0.05) is 19.5 Å². The van der Waals surface area contributed by atoms with Crippen LogP contribution in [0.4, 0.5) is 23.2 Å². The van der Waals surface area contributed by atoms with Crippen molar-refractivity contribution in [1.82, 2.24) is 4.90 Å². The van der Waals surface area contributed by atoms with Gasteiger partial charge < -0.3 is 10.2 Å². The number of carbonyl (C=O) groups excluding carboxylic acids is 1. The number of benzene rings is 1. The quantitative estimate of drug-likeness (QED) is 0.863. The summed E-state index contributed by atoms with van der Waals surface area (Å²) in [6.45, 7) is 0.725. The fraction of sp³-hybridized carbons (Fsp3) is 0.533. The highest BCUT2D eigenvalue weighted by molar-refractivity contribution is 5.90. The summed E-state index contributed by atoms with van der Waals surface area (Å²) in [5.74, 6) is -2.26. The minimum absolute atomic E-state index is 0.0406. The summed E-state index contributed by atoms with van der Waals surface area (Å²) in [7, 11) is 0. The van der Waals surface area contributed by atoms with Gasteiger partial charge in [-0.25, -0.2) is 4.39 Å². The molecule has 0 spiro atoms. The van der Waals surface area contributed by atoms with Crippen LogP contribution >= 0.6 is 0 Å². The molecule has 0 aliphatic carbocycles. The number of rotatable bonds is 4. The van der Waals surface area contributed by atoms with E-state index in [-0.39, 0.29) is 31.6 Å². The van der Waals surface area contributed by atoms with Crippen LogP contribution in [0.5, 0.6) is 0 Å². The molecule has 1 aromatic carbocycles. The molecule has 1 aliphatic rings. The lowest BCUT2D eigenvalue weighted by Crippen LogP contribution is -2.42. The summed E-state index contributed by atoms with van der Waals surface area (Å²) in [5.41, 5.74) is 0.0827. The van der Waals surface area contributed by atoms with Gasteiger partial charge in [-0.15, -0.1) is 0 Å². The van der Waals surface area contributed by atoms with Crippen molar-refractivity contribution in [2.45, 2.75) is 25.4 Å². The number of anilines is 1. The second-order valence-electron chi connectivity index (χ2n) is 5.46. The molecule has 1 unspecified atom stereocenters. The van der Waals surface area contributed by atoms with Gasteiger partial charge in [0.15, 0.2) is 0 Å². The molecule has 3 nitrogen and oxygen atoms in total. The minimum Gasteiger partial charge on any atom is -0.324 e. The number of likely N-dealkylation sites (tertiary alicyclic amines) is 1. The maximum atomic E-state index is 13.4. The molecule has 122 valence electrons. The first-order chi connectivity index (χ1) is 10.4. The molecular formula is C15H18F4N2O. The van der Waals surface area contributed by atoms with Crippen molar-refractivity contribution >= 4 is 11.6 Å². The lowest BCUT2D eigenvalue weighted by atomic mass is 9.97. The first-order valence-corrected chi connectivity index (χ1v) is 7.19. The molecule has 1 aliphatic heterocycles. The fourth-order valence-corrected chi connectivity index (χ4v) is 2.56. The molecule has 0 aromatic heterocycles. The van der Waals surface area contributed by atoms with Gasteiger partial charge >= 0.3 is 6.18 Å². The molecule has 1 saturated heterocycles. The van der Waals surface area contributed by atoms with Crippen molar-refractivity contribution in [3.05, 3.63) is 30.1 Å². The zero-order valence-corrected chi connectivity index (χ0v) is 12.0. The van der Waals surface area contributed by atoms with Crippen LogP contribution < -0.4 is 5.32 Å². The Labute approximate surface area is 126 Å². The average molecular weight is 318 g/mol. The molecule has 7 heteroatoms. The zero-order valence-electron chi connectivity index (χ0n) is 12.0. The van der Waals surface area contributed by atoms with Gasteiger partial charge in [-0.05, 0) is 31.5 Å². The number of halogens is 4. The monoisotopic (exact) mass is 318 g/mol. The summed E-state index contributed by atoms with van der Waals surface area (Å²) >= 11 is 0. The van der Waals surface area contributed by atoms with Gasteiger partial charge in [0.25, 0.3) is 0 Å². The van der Waals surface area contributed by atoms with Gasteiger partial charge in [-0.1, -0.05) is 12.1 Å². The third-order valence-corrected chi connectivity index (χ3v) is 3.77. The Morgan fingerprint density at radius 2 is 2.05 bits per heavy atom. The molecule has 1 amide bonds. The molecule has 22 heavy (non-hydrogen) atoms. The van der Waals surface area contributed by atoms with E-state index in [1.807, 2.05) is 0 Å². The van der Waals surface area contributed by atoms with Crippen molar-refractivity contribution in [3.8, 4) is 0 Å². The van der Waals surface area contributed by atoms with Gasteiger partial charge in [0.05, 0.1) is 11.6 Å². The largest absolute Gasteiger partial charge is 0.393 e. The topological polar surface area (TPSA) is 32.3 Å². The summed E-state index contributed by atoms with van der Waals surface area (Å²) in [5, 5.41) is 2.43. The smallest absolute Gasteiger partial charge is 0.324 e. The Hall–Kier alpha value is -1.63. The first-order valence-electron chi connectivity index (χ1n) is 7.19. The summed E-state index contributed by atoms with van der Waals surface area (Å²) < 4.78 is 51.5. The van der Waals surface area contributed by atoms with Crippen LogP contribution in [0.15, 0.2) is 24.3 Å². The van der Waals surface area contributed by atoms with Gasteiger partial charge in [-0.3, -0.25) is 4.79 Å². The van der Waals surface area contributed by atoms with E-state index in [4.69, 9.17) is 0 Å². The number of hydrogen-bond acceptors (Lipinski definition) is 2. The second kappa shape index (κ2) is 7.09. The number of nitrogens with zero attached hydrogens (tertiary/aromatic N) is 1. The van der Waals surface area contributed by atoms with Crippen molar-refractivity contribution < 1.29 is 22.4 Å². The maximum Gasteiger partial charge on any atom is 0.393 e. The number of hydrogen-bond donors (Lipinski definition) is 1. The number of piperidine rings is 1. The van der Waals surface area contributed by atoms with Gasteiger partial charge in [0.2, 0.25) is 5.91 Å². The molecule has 0 radical (unpaired) electrons. The van der Waals surface area contributed by atoms with Crippen molar-refractivity contribution in [3.63, 3.8) is 0 Å². The number of carbonyl (C=O) groups is 1. The maximum absolute atomic E-state index is 13.4. The van der Waals surface area contributed by atoms with Gasteiger partial charge in [-0.2, -0.15) is 13.2 Å². The van der Waals surface area contributed by atoms with E-state index in [2.05, 4.69) is 5.32 Å². The fourth-order valence-electron chi connectivity index (χ4n) is 2.56. The molecule has 1 heterocycles. The van der Waals surface area contributed by atoms with E-state index in [1.54, 1.807) is 11.0 Å². The lowest BCUT2D eigenvalue weighted by molar-refractivity contribution is -0.186. The summed E-state index contributed by atoms with van der Waals surface area (Å²) in [4.78, 5) is 13.4. The number of amides is 1. The molecule has 1 fully saturated rings. The third kappa shape index (κ3) is 4.69. The predicted octanol–water partition coefficient (Wildman–Crippen LogP) is 3.43. The van der Waals surface area contributed by atoms with Crippen LogP contribution in [0.25, 0.3) is 0 Å². The molecule has 2 rings (SSSR count). The highest BCUT2D eigenvalue weighted by atomic mass is 19.4. The first kappa shape index (κ1) is 16.7. The average Bonchev–Trinajstić information content (AvgIpc) is 2.47. The molecule has 1 atom stereocenters. The van der Waals surface area contributed by atoms with E-state index >= 15 is 0 Å². The zero-order chi connectivity index (χ0) is 16.2. The molecule has 0 bridgehead atoms. The molecule has 0 saturated carbocycles. The summed E-state index contributed by atoms with van der Waals surface area (Å²) in [6.07, 6.45) is -3.53. The Bertz CT molecular complexity index is 519. The van der Waals surface area contributed by atoms with Crippen molar-refractivity contribution in [2.24, 2.45) is 5.92 Å². The second-order valence-corrected chi connectivity index (χ2v) is 5.46. The predicted molar refractivity (Wildman–Crippen MR) is 74.9 cm³/mol. The standard InChI is InChI=1S/C15H18F4N2O/c16-12-5-1-2-6-13(12)20-14(22)7-9-21-8-3-4-11(10-21)15(17,18)19/h1-2,5-6,11H,3-4,7-10H2,(H,20,22). The Balaban J connectivity index is 1.80. The van der Waals surface area contributed by atoms with Crippen molar-refractivity contribution in [1.29, 1.82) is 0 Å². The number of nitrogens with one attached hydrogen (secondary N) is 1. The van der Waals surface area contributed by atoms with Crippen LogP contribution in [-0.4, -0.2) is 36.6 Å². The van der Waals surface area contributed by atoms with E-state index < -0.39 is 23.8 Å². The van der Waals surface area contributed by atoms with Crippen LogP contribution in [0.1, 0.15) is 19.3 Å². The van der Waals surface area contributed by atoms with Gasteiger partial charge in [0.1, 0.15) is 5.82 Å². The van der Waals surface area contributed by atoms with Crippen LogP contribution in [0.3, 0.4) is 0 Å². The van der Waals surface area contributed by atoms with E-state index in [1.165, 1.54) is 18.2 Å². The SMILES string of the molecule is O=C(CCN1CCCC(C(F)(F)F)C1)Nc1ccccc1F. The Morgan fingerprint density at radius 3 is 2.73 bits per heavy atom. The van der Waals surface area contributed by atoms with E-state index in [0.717, 1.165) is 0 Å². The van der Waals surface area contributed by atoms with Crippen molar-refractivity contribution in [2.75, 3.05) is 25.0 Å². The Morgan fingerprint density at radius 1 is 1.32 bits per heavy atom. The normalized spacial score (nSPS) is 19.9.